The van der Waals surface area contributed by atoms with Crippen molar-refractivity contribution in [3.8, 4) is 56.2 Å². The average Bonchev–Trinajstić information content (AvgIpc) is 0.771. The van der Waals surface area contributed by atoms with Gasteiger partial charge in [0.2, 0.25) is 0 Å². The number of nitrogens with zero attached hydrogens (tertiary/aromatic N) is 13. The van der Waals surface area contributed by atoms with E-state index in [1.54, 1.807) is 141 Å². The molecular formula is C75H48BCl2F3N14O4. The fraction of sp³-hybridized carbons (Fsp3) is 0. The number of halogens is 5. The van der Waals surface area contributed by atoms with E-state index in [4.69, 9.17) is 28.9 Å². The normalized spacial score (nSPS) is 10.9. The first kappa shape index (κ1) is 65.1. The van der Waals surface area contributed by atoms with E-state index in [9.17, 15) is 33.6 Å². The Morgan fingerprint density at radius 3 is 1.40 bits per heavy atom. The van der Waals surface area contributed by atoms with Crippen molar-refractivity contribution in [3.05, 3.63) is 307 Å². The summed E-state index contributed by atoms with van der Waals surface area (Å²) in [4.78, 5) is 46.8. The third-order valence-corrected chi connectivity index (χ3v) is 16.3. The highest BCUT2D eigenvalue weighted by Gasteiger charge is 2.21. The van der Waals surface area contributed by atoms with Crippen molar-refractivity contribution >= 4 is 118 Å². The summed E-state index contributed by atoms with van der Waals surface area (Å²) in [5.74, 6) is -0.655. The summed E-state index contributed by atoms with van der Waals surface area (Å²) in [6.07, 6.45) is 20.8. The van der Waals surface area contributed by atoms with Crippen LogP contribution in [0.15, 0.2) is 269 Å². The number of aromatic nitrogens is 13. The van der Waals surface area contributed by atoms with Gasteiger partial charge in [0.05, 0.1) is 28.2 Å². The molecule has 0 unspecified atom stereocenters. The third-order valence-electron chi connectivity index (χ3n) is 15.7. The highest BCUT2D eigenvalue weighted by atomic mass is 35.5. The van der Waals surface area contributed by atoms with Crippen molar-refractivity contribution in [2.75, 3.05) is 5.73 Å². The van der Waals surface area contributed by atoms with Gasteiger partial charge in [-0.05, 0) is 138 Å². The lowest BCUT2D eigenvalue weighted by Crippen LogP contribution is -2.31. The average molecular weight is 1350 g/mol. The van der Waals surface area contributed by atoms with Crippen LogP contribution < -0.4 is 20.7 Å². The summed E-state index contributed by atoms with van der Waals surface area (Å²) in [5.41, 5.74) is 13.6. The number of anilines is 1. The molecule has 0 spiro atoms. The molecule has 99 heavy (non-hydrogen) atoms. The predicted molar refractivity (Wildman–Crippen MR) is 380 cm³/mol. The van der Waals surface area contributed by atoms with Crippen LogP contribution in [0.4, 0.5) is 19.0 Å². The SMILES string of the molecule is Clc1nccc2cnccc12.Nc1nccc2c(-c3cc(-c4ccccc4F)nc4ncccc34)nccc12.OB(O)c1cc(-c2ccccc2F)nc2ncccc12.[O-][n+]1ccc2c(-c3cc(-c4ccccc4F)nc4ncccc34)cccc2c1.[O-][n+]1ccc2c(Cl)nccc2c1. The van der Waals surface area contributed by atoms with E-state index in [0.717, 1.165) is 85.7 Å². The second-order valence-electron chi connectivity index (χ2n) is 21.8. The number of nitrogen functional groups attached to an aromatic ring is 1. The zero-order chi connectivity index (χ0) is 68.5. The van der Waals surface area contributed by atoms with Gasteiger partial charge in [-0.3, -0.25) is 9.97 Å². The molecule has 13 heterocycles. The van der Waals surface area contributed by atoms with Crippen molar-refractivity contribution < 1.29 is 32.7 Å². The second-order valence-corrected chi connectivity index (χ2v) is 22.5. The van der Waals surface area contributed by atoms with Gasteiger partial charge in [-0.15, -0.1) is 0 Å². The van der Waals surface area contributed by atoms with Gasteiger partial charge in [0.15, 0.2) is 41.7 Å². The number of hydrogen-bond donors (Lipinski definition) is 3. The molecule has 18 nitrogen and oxygen atoms in total. The summed E-state index contributed by atoms with van der Waals surface area (Å²) in [5, 5.41) is 51.7. The molecule has 0 aliphatic rings. The topological polar surface area (TPSA) is 262 Å². The van der Waals surface area contributed by atoms with Gasteiger partial charge in [0.25, 0.3) is 0 Å². The smallest absolute Gasteiger partial charge is 0.489 e. The maximum Gasteiger partial charge on any atom is 0.489 e. The van der Waals surface area contributed by atoms with Crippen LogP contribution in [0, 0.1) is 27.9 Å². The summed E-state index contributed by atoms with van der Waals surface area (Å²) < 4.78 is 44.2. The minimum Gasteiger partial charge on any atom is -0.619 e. The van der Waals surface area contributed by atoms with Crippen molar-refractivity contribution in [1.29, 1.82) is 0 Å². The molecule has 0 atom stereocenters. The van der Waals surface area contributed by atoms with Crippen molar-refractivity contribution in [2.24, 2.45) is 0 Å². The first-order valence-corrected chi connectivity index (χ1v) is 31.0. The molecule has 0 fully saturated rings. The molecule has 17 rings (SSSR count). The number of nitrogens with two attached hydrogens (primary N) is 1. The van der Waals surface area contributed by atoms with Crippen LogP contribution in [0.5, 0.6) is 0 Å². The Hall–Kier alpha value is -12.6. The monoisotopic (exact) mass is 1350 g/mol. The molecule has 0 amide bonds. The van der Waals surface area contributed by atoms with Crippen LogP contribution in [-0.4, -0.2) is 72.0 Å². The molecule has 0 aliphatic heterocycles. The molecule has 0 bridgehead atoms. The van der Waals surface area contributed by atoms with E-state index in [0.29, 0.717) is 72.2 Å². The highest BCUT2D eigenvalue weighted by molar-refractivity contribution is 6.62. The third kappa shape index (κ3) is 14.2. The lowest BCUT2D eigenvalue weighted by Gasteiger charge is -2.12. The largest absolute Gasteiger partial charge is 0.619 e. The molecule has 4 aromatic carbocycles. The first-order valence-electron chi connectivity index (χ1n) is 30.2. The maximum atomic E-state index is 14.4. The zero-order valence-electron chi connectivity index (χ0n) is 51.5. The fourth-order valence-electron chi connectivity index (χ4n) is 11.1. The van der Waals surface area contributed by atoms with Crippen LogP contribution in [0.1, 0.15) is 0 Å². The lowest BCUT2D eigenvalue weighted by molar-refractivity contribution is -0.604. The zero-order valence-corrected chi connectivity index (χ0v) is 53.0. The fourth-order valence-corrected chi connectivity index (χ4v) is 11.5. The molecule has 17 aromatic rings. The predicted octanol–water partition coefficient (Wildman–Crippen LogP) is 14.4. The Balaban J connectivity index is 0.000000116. The van der Waals surface area contributed by atoms with E-state index in [2.05, 4.69) is 54.8 Å². The Morgan fingerprint density at radius 2 is 0.828 bits per heavy atom. The minimum absolute atomic E-state index is 0.251. The van der Waals surface area contributed by atoms with Gasteiger partial charge in [-0.25, -0.2) is 58.0 Å². The first-order chi connectivity index (χ1) is 48.2. The highest BCUT2D eigenvalue weighted by Crippen LogP contribution is 2.38. The van der Waals surface area contributed by atoms with E-state index >= 15 is 0 Å². The molecule has 0 saturated carbocycles. The minimum atomic E-state index is -1.67. The standard InChI is InChI=1S/C23H14FN3O.C22H14FN5.C14H10BFN2O2.C8H5ClN2O.C8H5ClN2/c24-21-9-2-1-6-19(21)22-13-20(18-8-4-11-25-23(18)26-22)17-7-3-5-15-14-27(28)12-10-16(15)17;23-18-6-2-1-4-16(18)19-12-17(15-5-3-9-27-22(15)28-19)20-13-7-11-26-21(24)14(13)8-10-25-20;16-12-6-2-1-4-10(12)13-8-11(15(19)20)9-5-3-7-17-14(9)18-13;9-8-7-2-4-11(12)5-6(7)1-3-10-8;9-8-7-2-3-10-5-6(7)1-4-11-8/h1-14H;1-12H,(H2,24,26);1-8,19-20H;1-5H;1-5H. The number of hydrogen-bond acceptors (Lipinski definition) is 16. The van der Waals surface area contributed by atoms with Crippen molar-refractivity contribution in [1.82, 2.24) is 54.8 Å². The van der Waals surface area contributed by atoms with Gasteiger partial charge in [-0.2, -0.15) is 9.46 Å². The molecule has 24 heteroatoms. The molecule has 4 N–H and O–H groups in total. The number of fused-ring (bicyclic) bond motifs is 7. The summed E-state index contributed by atoms with van der Waals surface area (Å²) in [7, 11) is -1.67. The molecule has 0 saturated heterocycles. The summed E-state index contributed by atoms with van der Waals surface area (Å²) in [6, 6.07) is 53.9. The second kappa shape index (κ2) is 29.2. The maximum absolute atomic E-state index is 14.4. The quantitative estimate of drug-likeness (QED) is 0.0605. The van der Waals surface area contributed by atoms with E-state index < -0.39 is 12.9 Å². The molecule has 0 aliphatic carbocycles. The number of rotatable bonds is 6. The Morgan fingerprint density at radius 1 is 0.374 bits per heavy atom. The van der Waals surface area contributed by atoms with Crippen LogP contribution >= 0.6 is 23.2 Å². The number of pyridine rings is 13. The Kier molecular flexibility index (Phi) is 19.2. The Labute approximate surface area is 570 Å². The van der Waals surface area contributed by atoms with Gasteiger partial charge in [0, 0.05) is 144 Å². The summed E-state index contributed by atoms with van der Waals surface area (Å²) in [6.45, 7) is 0. The summed E-state index contributed by atoms with van der Waals surface area (Å²) >= 11 is 11.6. The molecule has 0 radical (unpaired) electrons. The Bertz CT molecular complexity index is 5870. The van der Waals surface area contributed by atoms with Crippen molar-refractivity contribution in [2.45, 2.75) is 0 Å². The van der Waals surface area contributed by atoms with Gasteiger partial charge < -0.3 is 26.2 Å². The molecule has 480 valence electrons. The van der Waals surface area contributed by atoms with Crippen LogP contribution in [0.2, 0.25) is 10.3 Å². The van der Waals surface area contributed by atoms with Crippen molar-refractivity contribution in [3.63, 3.8) is 0 Å². The van der Waals surface area contributed by atoms with Crippen LogP contribution in [0.25, 0.3) is 132 Å². The van der Waals surface area contributed by atoms with E-state index in [1.807, 2.05) is 78.9 Å². The molecule has 13 aromatic heterocycles. The molecular weight excluding hydrogens is 1300 g/mol. The van der Waals surface area contributed by atoms with Crippen LogP contribution in [0.3, 0.4) is 0 Å². The van der Waals surface area contributed by atoms with E-state index in [1.165, 1.54) is 49.1 Å². The number of benzene rings is 4. The van der Waals surface area contributed by atoms with Gasteiger partial charge >= 0.3 is 7.12 Å². The van der Waals surface area contributed by atoms with E-state index in [-0.39, 0.29) is 17.1 Å². The van der Waals surface area contributed by atoms with Gasteiger partial charge in [-0.1, -0.05) is 77.8 Å². The van der Waals surface area contributed by atoms with Crippen LogP contribution in [-0.2, 0) is 0 Å². The lowest BCUT2D eigenvalue weighted by atomic mass is 9.78. The van der Waals surface area contributed by atoms with Gasteiger partial charge in [0.1, 0.15) is 33.6 Å².